The Hall–Kier alpha value is -2.17. The van der Waals surface area contributed by atoms with Gasteiger partial charge in [-0.1, -0.05) is 67.8 Å². The molecule has 1 atom stereocenters. The third-order valence-electron chi connectivity index (χ3n) is 5.93. The number of nitrogens with two attached hydrogens (primary N) is 1. The second-order valence-corrected chi connectivity index (χ2v) is 7.42. The molecule has 0 bridgehead atoms. The molecule has 2 aromatic carbocycles. The van der Waals surface area contributed by atoms with E-state index in [9.17, 15) is 9.90 Å². The molecule has 0 radical (unpaired) electrons. The van der Waals surface area contributed by atoms with Crippen LogP contribution in [0.3, 0.4) is 0 Å². The Morgan fingerprint density at radius 1 is 1.04 bits per heavy atom. The zero-order chi connectivity index (χ0) is 18.1. The Morgan fingerprint density at radius 3 is 2.12 bits per heavy atom. The summed E-state index contributed by atoms with van der Waals surface area (Å²) >= 11 is 0. The molecule has 2 aliphatic rings. The molecule has 4 rings (SSSR count). The Labute approximate surface area is 154 Å². The Balaban J connectivity index is 1.85. The predicted molar refractivity (Wildman–Crippen MR) is 101 cm³/mol. The summed E-state index contributed by atoms with van der Waals surface area (Å²) in [6, 6.07) is 15.7. The van der Waals surface area contributed by atoms with E-state index in [1.54, 1.807) is 0 Å². The van der Waals surface area contributed by atoms with Crippen LogP contribution in [0.15, 0.2) is 48.5 Å². The topological polar surface area (TPSA) is 72.5 Å². The van der Waals surface area contributed by atoms with Crippen molar-refractivity contribution in [1.29, 1.82) is 0 Å². The number of rotatable bonds is 5. The van der Waals surface area contributed by atoms with Gasteiger partial charge in [0.25, 0.3) is 0 Å². The predicted octanol–water partition coefficient (Wildman–Crippen LogP) is 3.92. The van der Waals surface area contributed by atoms with Crippen molar-refractivity contribution in [2.75, 3.05) is 6.61 Å². The standard InChI is InChI=1S/C22H25NO3/c23-20(21(24)25)14-26-22(15-8-2-1-3-9-15)18-12-6-4-10-16(18)17-11-5-7-13-19(17)22/h4-7,10-13,15,20H,1-3,8-9,14,23H2,(H,24,25)/t20-/m0/s1. The van der Waals surface area contributed by atoms with Crippen LogP contribution in [0, 0.1) is 5.92 Å². The van der Waals surface area contributed by atoms with Crippen LogP contribution in [0.5, 0.6) is 0 Å². The summed E-state index contributed by atoms with van der Waals surface area (Å²) < 4.78 is 6.50. The van der Waals surface area contributed by atoms with Crippen LogP contribution in [0.4, 0.5) is 0 Å². The van der Waals surface area contributed by atoms with Crippen molar-refractivity contribution in [3.05, 3.63) is 59.7 Å². The maximum Gasteiger partial charge on any atom is 0.322 e. The molecule has 0 saturated heterocycles. The van der Waals surface area contributed by atoms with E-state index in [4.69, 9.17) is 10.5 Å². The van der Waals surface area contributed by atoms with E-state index in [0.717, 1.165) is 24.0 Å². The minimum absolute atomic E-state index is 0.00843. The molecule has 4 heteroatoms. The van der Waals surface area contributed by atoms with Crippen LogP contribution in [0.25, 0.3) is 11.1 Å². The molecule has 0 heterocycles. The molecule has 0 amide bonds. The van der Waals surface area contributed by atoms with Crippen molar-refractivity contribution in [3.8, 4) is 11.1 Å². The van der Waals surface area contributed by atoms with Gasteiger partial charge >= 0.3 is 5.97 Å². The van der Waals surface area contributed by atoms with Gasteiger partial charge < -0.3 is 15.6 Å². The van der Waals surface area contributed by atoms with Crippen molar-refractivity contribution >= 4 is 5.97 Å². The number of carbonyl (C=O) groups is 1. The highest BCUT2D eigenvalue weighted by atomic mass is 16.5. The van der Waals surface area contributed by atoms with Crippen molar-refractivity contribution in [2.24, 2.45) is 11.7 Å². The van der Waals surface area contributed by atoms with E-state index in [-0.39, 0.29) is 6.61 Å². The quantitative estimate of drug-likeness (QED) is 0.856. The maximum absolute atomic E-state index is 11.3. The smallest absolute Gasteiger partial charge is 0.322 e. The molecule has 2 aliphatic carbocycles. The van der Waals surface area contributed by atoms with E-state index in [1.165, 1.54) is 30.4 Å². The van der Waals surface area contributed by atoms with Gasteiger partial charge in [-0.15, -0.1) is 0 Å². The molecule has 0 unspecified atom stereocenters. The fraction of sp³-hybridized carbons (Fsp3) is 0.409. The van der Waals surface area contributed by atoms with Gasteiger partial charge in [0.15, 0.2) is 0 Å². The van der Waals surface area contributed by atoms with Gasteiger partial charge in [0.05, 0.1) is 6.61 Å². The van der Waals surface area contributed by atoms with E-state index in [1.807, 2.05) is 12.1 Å². The normalized spacial score (nSPS) is 19.6. The second kappa shape index (κ2) is 6.86. The summed E-state index contributed by atoms with van der Waals surface area (Å²) in [6.07, 6.45) is 5.80. The molecular weight excluding hydrogens is 326 g/mol. The lowest BCUT2D eigenvalue weighted by atomic mass is 9.72. The monoisotopic (exact) mass is 351 g/mol. The fourth-order valence-electron chi connectivity index (χ4n) is 4.74. The summed E-state index contributed by atoms with van der Waals surface area (Å²) in [6.45, 7) is 0.00843. The lowest BCUT2D eigenvalue weighted by molar-refractivity contribution is -0.143. The number of aliphatic carboxylic acids is 1. The Bertz CT molecular complexity index is 765. The first-order valence-corrected chi connectivity index (χ1v) is 9.46. The van der Waals surface area contributed by atoms with Crippen molar-refractivity contribution in [3.63, 3.8) is 0 Å². The molecule has 1 fully saturated rings. The number of hydrogen-bond donors (Lipinski definition) is 2. The minimum atomic E-state index is -1.02. The summed E-state index contributed by atoms with van der Waals surface area (Å²) in [5.41, 5.74) is 9.90. The first-order valence-electron chi connectivity index (χ1n) is 9.46. The van der Waals surface area contributed by atoms with Crippen LogP contribution in [-0.4, -0.2) is 23.7 Å². The zero-order valence-corrected chi connectivity index (χ0v) is 14.9. The van der Waals surface area contributed by atoms with Crippen LogP contribution < -0.4 is 5.73 Å². The fourth-order valence-corrected chi connectivity index (χ4v) is 4.74. The molecule has 3 N–H and O–H groups in total. The SMILES string of the molecule is N[C@@H](COC1(C2CCCCC2)c2ccccc2-c2ccccc21)C(=O)O. The first kappa shape index (κ1) is 17.3. The van der Waals surface area contributed by atoms with Crippen LogP contribution >= 0.6 is 0 Å². The summed E-state index contributed by atoms with van der Waals surface area (Å²) in [5.74, 6) is -0.689. The highest BCUT2D eigenvalue weighted by molar-refractivity contribution is 5.80. The molecule has 0 aliphatic heterocycles. The number of ether oxygens (including phenoxy) is 1. The van der Waals surface area contributed by atoms with E-state index in [2.05, 4.69) is 36.4 Å². The molecule has 0 spiro atoms. The maximum atomic E-state index is 11.3. The van der Waals surface area contributed by atoms with E-state index in [0.29, 0.717) is 5.92 Å². The van der Waals surface area contributed by atoms with Gasteiger partial charge in [0, 0.05) is 0 Å². The lowest BCUT2D eigenvalue weighted by Gasteiger charge is -2.42. The van der Waals surface area contributed by atoms with Gasteiger partial charge in [-0.05, 0) is 41.0 Å². The molecule has 136 valence electrons. The number of fused-ring (bicyclic) bond motifs is 3. The van der Waals surface area contributed by atoms with E-state index >= 15 is 0 Å². The highest BCUT2D eigenvalue weighted by Crippen LogP contribution is 2.56. The van der Waals surface area contributed by atoms with Crippen molar-refractivity contribution < 1.29 is 14.6 Å². The lowest BCUT2D eigenvalue weighted by Crippen LogP contribution is -2.44. The van der Waals surface area contributed by atoms with Gasteiger partial charge in [0.1, 0.15) is 11.6 Å². The zero-order valence-electron chi connectivity index (χ0n) is 14.9. The Kier molecular flexibility index (Phi) is 4.55. The summed E-state index contributed by atoms with van der Waals surface area (Å²) in [7, 11) is 0. The van der Waals surface area contributed by atoms with Gasteiger partial charge in [-0.2, -0.15) is 0 Å². The molecule has 1 saturated carbocycles. The number of hydrogen-bond acceptors (Lipinski definition) is 3. The second-order valence-electron chi connectivity index (χ2n) is 7.42. The third-order valence-corrected chi connectivity index (χ3v) is 5.93. The average Bonchev–Trinajstić information content (AvgIpc) is 2.98. The van der Waals surface area contributed by atoms with Crippen LogP contribution in [0.1, 0.15) is 43.2 Å². The molecule has 4 nitrogen and oxygen atoms in total. The largest absolute Gasteiger partial charge is 0.480 e. The Morgan fingerprint density at radius 2 is 1.58 bits per heavy atom. The summed E-state index contributed by atoms with van der Waals surface area (Å²) in [4.78, 5) is 11.3. The van der Waals surface area contributed by atoms with Crippen LogP contribution in [-0.2, 0) is 15.1 Å². The number of benzene rings is 2. The molecule has 26 heavy (non-hydrogen) atoms. The summed E-state index contributed by atoms with van der Waals surface area (Å²) in [5, 5.41) is 9.24. The third kappa shape index (κ3) is 2.65. The average molecular weight is 351 g/mol. The first-order chi connectivity index (χ1) is 12.6. The van der Waals surface area contributed by atoms with Crippen LogP contribution in [0.2, 0.25) is 0 Å². The molecule has 0 aromatic heterocycles. The minimum Gasteiger partial charge on any atom is -0.480 e. The van der Waals surface area contributed by atoms with Crippen molar-refractivity contribution in [2.45, 2.75) is 43.7 Å². The van der Waals surface area contributed by atoms with Crippen molar-refractivity contribution in [1.82, 2.24) is 0 Å². The van der Waals surface area contributed by atoms with Gasteiger partial charge in [0.2, 0.25) is 0 Å². The van der Waals surface area contributed by atoms with E-state index < -0.39 is 17.6 Å². The molecule has 2 aromatic rings. The highest BCUT2D eigenvalue weighted by Gasteiger charge is 2.50. The van der Waals surface area contributed by atoms with Gasteiger partial charge in [-0.3, -0.25) is 4.79 Å². The number of carboxylic acid groups (broad SMARTS) is 1. The molecular formula is C22H25NO3. The number of carboxylic acids is 1. The van der Waals surface area contributed by atoms with Gasteiger partial charge in [-0.25, -0.2) is 0 Å².